The van der Waals surface area contributed by atoms with Crippen molar-refractivity contribution in [3.63, 3.8) is 0 Å². The summed E-state index contributed by atoms with van der Waals surface area (Å²) < 4.78 is 5.79. The Bertz CT molecular complexity index is 472. The van der Waals surface area contributed by atoms with Gasteiger partial charge in [0, 0.05) is 19.7 Å². The monoisotopic (exact) mass is 311 g/mol. The molecule has 1 saturated heterocycles. The number of ether oxygens (including phenoxy) is 1. The second kappa shape index (κ2) is 7.66. The van der Waals surface area contributed by atoms with Crippen molar-refractivity contribution in [3.8, 4) is 5.75 Å². The largest absolute Gasteiger partial charge is 0.479 e. The van der Waals surface area contributed by atoms with Crippen molar-refractivity contribution in [2.45, 2.75) is 32.3 Å². The molecule has 0 aliphatic carbocycles. The highest BCUT2D eigenvalue weighted by atomic mass is 35.5. The molecule has 0 spiro atoms. The molecule has 2 rings (SSSR count). The van der Waals surface area contributed by atoms with E-state index in [1.54, 1.807) is 12.1 Å². The third kappa shape index (κ3) is 4.11. The molecular formula is C16H22ClNO3. The number of rotatable bonds is 5. The molecule has 1 atom stereocenters. The zero-order chi connectivity index (χ0) is 15.2. The van der Waals surface area contributed by atoms with Crippen LogP contribution in [-0.4, -0.2) is 41.7 Å². The molecule has 5 heteroatoms. The van der Waals surface area contributed by atoms with Gasteiger partial charge in [-0.1, -0.05) is 30.7 Å². The van der Waals surface area contributed by atoms with E-state index in [0.717, 1.165) is 12.8 Å². The molecule has 1 aromatic rings. The van der Waals surface area contributed by atoms with Crippen LogP contribution in [0.3, 0.4) is 0 Å². The van der Waals surface area contributed by atoms with Crippen LogP contribution in [0.5, 0.6) is 5.75 Å². The summed E-state index contributed by atoms with van der Waals surface area (Å²) in [6.07, 6.45) is 1.80. The SMILES string of the molecule is CCC(Oc1ccccc1Cl)C(=O)N1CCC(CO)CC1. The number of aliphatic hydroxyl groups excluding tert-OH is 1. The Morgan fingerprint density at radius 2 is 2.10 bits per heavy atom. The molecule has 1 heterocycles. The van der Waals surface area contributed by atoms with Gasteiger partial charge in [0.05, 0.1) is 5.02 Å². The number of aliphatic hydroxyl groups is 1. The van der Waals surface area contributed by atoms with Crippen molar-refractivity contribution in [1.29, 1.82) is 0 Å². The summed E-state index contributed by atoms with van der Waals surface area (Å²) in [6, 6.07) is 7.19. The molecule has 0 aromatic heterocycles. The van der Waals surface area contributed by atoms with E-state index in [9.17, 15) is 4.79 Å². The van der Waals surface area contributed by atoms with Crippen molar-refractivity contribution < 1.29 is 14.6 Å². The summed E-state index contributed by atoms with van der Waals surface area (Å²) >= 11 is 6.08. The Hall–Kier alpha value is -1.26. The van der Waals surface area contributed by atoms with Gasteiger partial charge in [-0.15, -0.1) is 0 Å². The normalized spacial score (nSPS) is 17.6. The molecule has 1 amide bonds. The predicted molar refractivity (Wildman–Crippen MR) is 82.5 cm³/mol. The number of piperidine rings is 1. The molecule has 21 heavy (non-hydrogen) atoms. The van der Waals surface area contributed by atoms with Gasteiger partial charge in [0.25, 0.3) is 5.91 Å². The van der Waals surface area contributed by atoms with Crippen LogP contribution in [0.4, 0.5) is 0 Å². The van der Waals surface area contributed by atoms with Gasteiger partial charge < -0.3 is 14.7 Å². The number of carbonyl (C=O) groups is 1. The van der Waals surface area contributed by atoms with E-state index in [2.05, 4.69) is 0 Å². The van der Waals surface area contributed by atoms with Crippen LogP contribution in [0.15, 0.2) is 24.3 Å². The highest BCUT2D eigenvalue weighted by Gasteiger charge is 2.28. The maximum Gasteiger partial charge on any atom is 0.263 e. The number of amides is 1. The lowest BCUT2D eigenvalue weighted by Crippen LogP contribution is -2.46. The van der Waals surface area contributed by atoms with Crippen molar-refractivity contribution in [1.82, 2.24) is 4.90 Å². The van der Waals surface area contributed by atoms with Crippen LogP contribution >= 0.6 is 11.6 Å². The van der Waals surface area contributed by atoms with E-state index in [-0.39, 0.29) is 12.5 Å². The van der Waals surface area contributed by atoms with Gasteiger partial charge in [0.1, 0.15) is 5.75 Å². The number of benzene rings is 1. The fourth-order valence-corrected chi connectivity index (χ4v) is 2.72. The van der Waals surface area contributed by atoms with Gasteiger partial charge in [0.2, 0.25) is 0 Å². The van der Waals surface area contributed by atoms with Gasteiger partial charge in [-0.25, -0.2) is 0 Å². The lowest BCUT2D eigenvalue weighted by atomic mass is 9.97. The molecule has 1 unspecified atom stereocenters. The van der Waals surface area contributed by atoms with Crippen LogP contribution in [-0.2, 0) is 4.79 Å². The second-order valence-electron chi connectivity index (χ2n) is 5.40. The van der Waals surface area contributed by atoms with Crippen molar-refractivity contribution in [2.24, 2.45) is 5.92 Å². The fraction of sp³-hybridized carbons (Fsp3) is 0.562. The van der Waals surface area contributed by atoms with Crippen LogP contribution in [0.25, 0.3) is 0 Å². The lowest BCUT2D eigenvalue weighted by Gasteiger charge is -2.33. The molecule has 0 saturated carbocycles. The number of para-hydroxylation sites is 1. The Balaban J connectivity index is 1.98. The van der Waals surface area contributed by atoms with Crippen molar-refractivity contribution in [3.05, 3.63) is 29.3 Å². The highest BCUT2D eigenvalue weighted by Crippen LogP contribution is 2.26. The first kappa shape index (κ1) is 16.1. The predicted octanol–water partition coefficient (Wildman–Crippen LogP) is 2.73. The average molecular weight is 312 g/mol. The summed E-state index contributed by atoms with van der Waals surface area (Å²) in [4.78, 5) is 14.4. The van der Waals surface area contributed by atoms with Gasteiger partial charge in [-0.3, -0.25) is 4.79 Å². The maximum absolute atomic E-state index is 12.5. The van der Waals surface area contributed by atoms with E-state index in [0.29, 0.717) is 36.2 Å². The van der Waals surface area contributed by atoms with E-state index in [1.165, 1.54) is 0 Å². The van der Waals surface area contributed by atoms with Gasteiger partial charge in [-0.05, 0) is 37.3 Å². The molecule has 0 radical (unpaired) electrons. The average Bonchev–Trinajstić information content (AvgIpc) is 2.53. The molecule has 0 bridgehead atoms. The molecule has 1 aliphatic rings. The second-order valence-corrected chi connectivity index (χ2v) is 5.80. The number of carbonyl (C=O) groups excluding carboxylic acids is 1. The van der Waals surface area contributed by atoms with Crippen molar-refractivity contribution >= 4 is 17.5 Å². The van der Waals surface area contributed by atoms with Crippen LogP contribution < -0.4 is 4.74 Å². The summed E-state index contributed by atoms with van der Waals surface area (Å²) in [6.45, 7) is 3.51. The van der Waals surface area contributed by atoms with Gasteiger partial charge >= 0.3 is 0 Å². The Kier molecular flexibility index (Phi) is 5.88. The van der Waals surface area contributed by atoms with Crippen LogP contribution in [0.2, 0.25) is 5.02 Å². The Morgan fingerprint density at radius 1 is 1.43 bits per heavy atom. The number of likely N-dealkylation sites (tertiary alicyclic amines) is 1. The third-order valence-corrected chi connectivity index (χ3v) is 4.25. The molecule has 1 fully saturated rings. The Morgan fingerprint density at radius 3 is 2.67 bits per heavy atom. The quantitative estimate of drug-likeness (QED) is 0.909. The zero-order valence-electron chi connectivity index (χ0n) is 12.3. The smallest absolute Gasteiger partial charge is 0.263 e. The Labute approximate surface area is 130 Å². The maximum atomic E-state index is 12.5. The summed E-state index contributed by atoms with van der Waals surface area (Å²) in [5.41, 5.74) is 0. The third-order valence-electron chi connectivity index (χ3n) is 3.94. The van der Waals surface area contributed by atoms with E-state index in [4.69, 9.17) is 21.4 Å². The lowest BCUT2D eigenvalue weighted by molar-refractivity contribution is -0.140. The first-order chi connectivity index (χ1) is 10.2. The minimum absolute atomic E-state index is 0.00816. The first-order valence-corrected chi connectivity index (χ1v) is 7.84. The van der Waals surface area contributed by atoms with E-state index in [1.807, 2.05) is 24.0 Å². The summed E-state index contributed by atoms with van der Waals surface area (Å²) in [5, 5.41) is 9.67. The minimum Gasteiger partial charge on any atom is -0.479 e. The molecule has 1 N–H and O–H groups in total. The molecule has 1 aliphatic heterocycles. The van der Waals surface area contributed by atoms with Gasteiger partial charge in [0.15, 0.2) is 6.10 Å². The van der Waals surface area contributed by atoms with Crippen LogP contribution in [0.1, 0.15) is 26.2 Å². The topological polar surface area (TPSA) is 49.8 Å². The molecule has 1 aromatic carbocycles. The number of hydrogen-bond acceptors (Lipinski definition) is 3. The first-order valence-electron chi connectivity index (χ1n) is 7.46. The molecular weight excluding hydrogens is 290 g/mol. The van der Waals surface area contributed by atoms with Crippen molar-refractivity contribution in [2.75, 3.05) is 19.7 Å². The zero-order valence-corrected chi connectivity index (χ0v) is 13.1. The van der Waals surface area contributed by atoms with Gasteiger partial charge in [-0.2, -0.15) is 0 Å². The standard InChI is InChI=1S/C16H22ClNO3/c1-2-14(21-15-6-4-3-5-13(15)17)16(20)18-9-7-12(11-19)8-10-18/h3-6,12,14,19H,2,7-11H2,1H3. The fourth-order valence-electron chi connectivity index (χ4n) is 2.54. The number of hydrogen-bond donors (Lipinski definition) is 1. The number of nitrogens with zero attached hydrogens (tertiary/aromatic N) is 1. The van der Waals surface area contributed by atoms with E-state index >= 15 is 0 Å². The minimum atomic E-state index is -0.504. The van der Waals surface area contributed by atoms with E-state index < -0.39 is 6.10 Å². The summed E-state index contributed by atoms with van der Waals surface area (Å²) in [7, 11) is 0. The highest BCUT2D eigenvalue weighted by molar-refractivity contribution is 6.32. The molecule has 4 nitrogen and oxygen atoms in total. The molecule has 116 valence electrons. The number of halogens is 1. The summed E-state index contributed by atoms with van der Waals surface area (Å²) in [5.74, 6) is 0.872. The van der Waals surface area contributed by atoms with Crippen LogP contribution in [0, 0.1) is 5.92 Å².